The maximum Gasteiger partial charge on any atom is 0.333 e. The number of methoxy groups -OCH3 is 1. The molecule has 0 fully saturated rings. The van der Waals surface area contributed by atoms with E-state index in [0.717, 1.165) is 10.8 Å². The summed E-state index contributed by atoms with van der Waals surface area (Å²) in [5.74, 6) is -0.925. The molecule has 8 heteroatoms. The van der Waals surface area contributed by atoms with Crippen molar-refractivity contribution in [2.75, 3.05) is 12.4 Å². The summed E-state index contributed by atoms with van der Waals surface area (Å²) in [6.45, 7) is 0. The summed E-state index contributed by atoms with van der Waals surface area (Å²) in [5.41, 5.74) is -1.67. The van der Waals surface area contributed by atoms with Gasteiger partial charge in [-0.15, -0.1) is 0 Å². The van der Waals surface area contributed by atoms with E-state index >= 15 is 0 Å². The standard InChI is InChI=1S/C18H14FN3O4/c1-26-12-8-6-11(7-9-12)22-17(24)13(10-20-18(22)25)16(23)21-15-5-3-2-4-14(15)19/h2-10H,1H3,(H,20,25)(H,21,23). The average Bonchev–Trinajstić information content (AvgIpc) is 2.64. The van der Waals surface area contributed by atoms with Gasteiger partial charge in [0.25, 0.3) is 11.5 Å². The molecular weight excluding hydrogens is 341 g/mol. The number of rotatable bonds is 4. The number of halogens is 1. The van der Waals surface area contributed by atoms with Gasteiger partial charge in [-0.2, -0.15) is 0 Å². The minimum absolute atomic E-state index is 0.0703. The van der Waals surface area contributed by atoms with Crippen molar-refractivity contribution in [3.63, 3.8) is 0 Å². The van der Waals surface area contributed by atoms with E-state index in [1.807, 2.05) is 0 Å². The first-order valence-corrected chi connectivity index (χ1v) is 7.56. The minimum Gasteiger partial charge on any atom is -0.497 e. The van der Waals surface area contributed by atoms with Crippen molar-refractivity contribution in [2.45, 2.75) is 0 Å². The Labute approximate surface area is 146 Å². The van der Waals surface area contributed by atoms with Crippen molar-refractivity contribution in [2.24, 2.45) is 0 Å². The van der Waals surface area contributed by atoms with Gasteiger partial charge >= 0.3 is 5.69 Å². The molecule has 3 rings (SSSR count). The molecule has 2 aromatic carbocycles. The summed E-state index contributed by atoms with van der Waals surface area (Å²) in [7, 11) is 1.49. The number of hydrogen-bond donors (Lipinski definition) is 2. The number of para-hydroxylation sites is 1. The van der Waals surface area contributed by atoms with Gasteiger partial charge in [0.1, 0.15) is 17.1 Å². The molecule has 0 aliphatic heterocycles. The molecule has 1 amide bonds. The average molecular weight is 355 g/mol. The fraction of sp³-hybridized carbons (Fsp3) is 0.0556. The number of carbonyl (C=O) groups is 1. The van der Waals surface area contributed by atoms with Crippen LogP contribution in [0.5, 0.6) is 5.75 Å². The van der Waals surface area contributed by atoms with Gasteiger partial charge in [-0.05, 0) is 36.4 Å². The lowest BCUT2D eigenvalue weighted by Gasteiger charge is -2.09. The number of nitrogens with one attached hydrogen (secondary N) is 2. The molecule has 7 nitrogen and oxygen atoms in total. The Morgan fingerprint density at radius 2 is 1.81 bits per heavy atom. The Bertz CT molecular complexity index is 1070. The molecule has 0 spiro atoms. The Morgan fingerprint density at radius 1 is 1.12 bits per heavy atom. The van der Waals surface area contributed by atoms with Crippen molar-refractivity contribution in [1.29, 1.82) is 0 Å². The number of nitrogens with zero attached hydrogens (tertiary/aromatic N) is 1. The van der Waals surface area contributed by atoms with E-state index in [1.54, 1.807) is 18.2 Å². The summed E-state index contributed by atoms with van der Waals surface area (Å²) >= 11 is 0. The number of carbonyl (C=O) groups excluding carboxylic acids is 1. The molecule has 2 N–H and O–H groups in total. The van der Waals surface area contributed by atoms with E-state index in [1.165, 1.54) is 37.4 Å². The lowest BCUT2D eigenvalue weighted by atomic mass is 10.2. The fourth-order valence-corrected chi connectivity index (χ4v) is 2.35. The minimum atomic E-state index is -0.835. The second-order valence-corrected chi connectivity index (χ2v) is 5.28. The van der Waals surface area contributed by atoms with Crippen LogP contribution in [0.1, 0.15) is 10.4 Å². The van der Waals surface area contributed by atoms with Crippen molar-refractivity contribution < 1.29 is 13.9 Å². The largest absolute Gasteiger partial charge is 0.497 e. The zero-order valence-electron chi connectivity index (χ0n) is 13.7. The number of ether oxygens (including phenoxy) is 1. The molecule has 26 heavy (non-hydrogen) atoms. The third kappa shape index (κ3) is 3.25. The van der Waals surface area contributed by atoms with Crippen LogP contribution in [0.3, 0.4) is 0 Å². The highest BCUT2D eigenvalue weighted by atomic mass is 19.1. The zero-order chi connectivity index (χ0) is 18.7. The lowest BCUT2D eigenvalue weighted by molar-refractivity contribution is 0.102. The number of benzene rings is 2. The third-order valence-electron chi connectivity index (χ3n) is 3.67. The maximum absolute atomic E-state index is 13.7. The second kappa shape index (κ2) is 7.06. The van der Waals surface area contributed by atoms with E-state index < -0.39 is 23.0 Å². The van der Waals surface area contributed by atoms with Crippen molar-refractivity contribution in [3.05, 3.63) is 86.9 Å². The Kier molecular flexibility index (Phi) is 4.66. The summed E-state index contributed by atoms with van der Waals surface area (Å²) in [5, 5.41) is 2.31. The number of anilines is 1. The van der Waals surface area contributed by atoms with E-state index in [4.69, 9.17) is 4.74 Å². The van der Waals surface area contributed by atoms with Crippen LogP contribution in [0.4, 0.5) is 10.1 Å². The molecule has 0 saturated heterocycles. The Morgan fingerprint density at radius 3 is 2.46 bits per heavy atom. The quantitative estimate of drug-likeness (QED) is 0.748. The van der Waals surface area contributed by atoms with Crippen LogP contribution in [0.15, 0.2) is 64.3 Å². The van der Waals surface area contributed by atoms with Crippen LogP contribution in [0, 0.1) is 5.82 Å². The number of amides is 1. The lowest BCUT2D eigenvalue weighted by Crippen LogP contribution is -2.38. The zero-order valence-corrected chi connectivity index (χ0v) is 13.7. The molecule has 0 saturated carbocycles. The number of aromatic amines is 1. The molecule has 1 aromatic heterocycles. The van der Waals surface area contributed by atoms with Crippen LogP contribution in [0.25, 0.3) is 5.69 Å². The first kappa shape index (κ1) is 17.2. The van der Waals surface area contributed by atoms with Crippen LogP contribution in [-0.2, 0) is 0 Å². The van der Waals surface area contributed by atoms with Gasteiger partial charge in [0.15, 0.2) is 0 Å². The highest BCUT2D eigenvalue weighted by Crippen LogP contribution is 2.14. The van der Waals surface area contributed by atoms with Gasteiger partial charge in [0.05, 0.1) is 18.5 Å². The maximum atomic E-state index is 13.7. The molecule has 0 aliphatic carbocycles. The van der Waals surface area contributed by atoms with Gasteiger partial charge in [-0.1, -0.05) is 12.1 Å². The van der Waals surface area contributed by atoms with Crippen LogP contribution >= 0.6 is 0 Å². The van der Waals surface area contributed by atoms with Gasteiger partial charge < -0.3 is 15.0 Å². The Balaban J connectivity index is 2.02. The summed E-state index contributed by atoms with van der Waals surface area (Å²) in [6, 6.07) is 11.7. The van der Waals surface area contributed by atoms with Crippen LogP contribution < -0.4 is 21.3 Å². The number of hydrogen-bond acceptors (Lipinski definition) is 4. The molecule has 0 unspecified atom stereocenters. The highest BCUT2D eigenvalue weighted by molar-refractivity contribution is 6.03. The normalized spacial score (nSPS) is 10.4. The number of aromatic nitrogens is 2. The third-order valence-corrected chi connectivity index (χ3v) is 3.67. The van der Waals surface area contributed by atoms with E-state index in [9.17, 15) is 18.8 Å². The second-order valence-electron chi connectivity index (χ2n) is 5.28. The van der Waals surface area contributed by atoms with Gasteiger partial charge in [0, 0.05) is 6.20 Å². The predicted molar refractivity (Wildman–Crippen MR) is 93.6 cm³/mol. The van der Waals surface area contributed by atoms with Crippen LogP contribution in [0.2, 0.25) is 0 Å². The summed E-state index contributed by atoms with van der Waals surface area (Å²) in [6.07, 6.45) is 1.00. The molecule has 1 heterocycles. The Hall–Kier alpha value is -3.68. The summed E-state index contributed by atoms with van der Waals surface area (Å²) < 4.78 is 19.5. The number of H-pyrrole nitrogens is 1. The van der Waals surface area contributed by atoms with Gasteiger partial charge in [0.2, 0.25) is 0 Å². The molecule has 132 valence electrons. The first-order chi connectivity index (χ1) is 12.5. The molecule has 0 aliphatic rings. The molecule has 0 bridgehead atoms. The SMILES string of the molecule is COc1ccc(-n2c(=O)[nH]cc(C(=O)Nc3ccccc3F)c2=O)cc1. The van der Waals surface area contributed by atoms with Crippen molar-refractivity contribution >= 4 is 11.6 Å². The summed E-state index contributed by atoms with van der Waals surface area (Å²) in [4.78, 5) is 39.4. The van der Waals surface area contributed by atoms with E-state index in [-0.39, 0.29) is 16.9 Å². The molecular formula is C18H14FN3O4. The van der Waals surface area contributed by atoms with Crippen LogP contribution in [-0.4, -0.2) is 22.6 Å². The predicted octanol–water partition coefficient (Wildman–Crippen LogP) is 1.93. The van der Waals surface area contributed by atoms with Gasteiger partial charge in [-0.3, -0.25) is 9.59 Å². The highest BCUT2D eigenvalue weighted by Gasteiger charge is 2.17. The topological polar surface area (TPSA) is 93.2 Å². The monoisotopic (exact) mass is 355 g/mol. The molecule has 3 aromatic rings. The molecule has 0 radical (unpaired) electrons. The fourth-order valence-electron chi connectivity index (χ4n) is 2.35. The smallest absolute Gasteiger partial charge is 0.333 e. The van der Waals surface area contributed by atoms with Crippen molar-refractivity contribution in [1.82, 2.24) is 9.55 Å². The van der Waals surface area contributed by atoms with E-state index in [0.29, 0.717) is 5.75 Å². The van der Waals surface area contributed by atoms with Gasteiger partial charge in [-0.25, -0.2) is 13.8 Å². The first-order valence-electron chi connectivity index (χ1n) is 7.56. The van der Waals surface area contributed by atoms with E-state index in [2.05, 4.69) is 10.3 Å². The van der Waals surface area contributed by atoms with Crippen molar-refractivity contribution in [3.8, 4) is 11.4 Å². The molecule has 0 atom stereocenters.